The highest BCUT2D eigenvalue weighted by molar-refractivity contribution is 5.70. The standard InChI is InChI=1S/C14H19N5O4/c15-12-17-10-9(11(20)19-12)16-13(18-10)21-6-8-7-22-14(23-8)4-2-1-3-5-14/h8H,1-7H2,(H4,15,16,17,18,19,20). The summed E-state index contributed by atoms with van der Waals surface area (Å²) >= 11 is 0. The minimum atomic E-state index is -0.423. The number of nitrogen functional groups attached to an aromatic ring is 1. The highest BCUT2D eigenvalue weighted by Crippen LogP contribution is 2.37. The van der Waals surface area contributed by atoms with E-state index in [1.165, 1.54) is 6.42 Å². The van der Waals surface area contributed by atoms with Crippen molar-refractivity contribution in [3.05, 3.63) is 10.4 Å². The van der Waals surface area contributed by atoms with Crippen LogP contribution in [0.4, 0.5) is 5.95 Å². The van der Waals surface area contributed by atoms with Gasteiger partial charge in [-0.05, 0) is 12.8 Å². The summed E-state index contributed by atoms with van der Waals surface area (Å²) in [5, 5.41) is 0. The van der Waals surface area contributed by atoms with Gasteiger partial charge in [0.2, 0.25) is 5.95 Å². The molecule has 4 rings (SSSR count). The summed E-state index contributed by atoms with van der Waals surface area (Å²) in [6.07, 6.45) is 5.23. The lowest BCUT2D eigenvalue weighted by molar-refractivity contribution is -0.189. The normalized spacial score (nSPS) is 23.6. The maximum atomic E-state index is 11.7. The Kier molecular flexibility index (Phi) is 3.46. The Bertz CT molecular complexity index is 764. The molecule has 124 valence electrons. The van der Waals surface area contributed by atoms with E-state index in [0.29, 0.717) is 13.2 Å². The van der Waals surface area contributed by atoms with E-state index in [9.17, 15) is 4.79 Å². The van der Waals surface area contributed by atoms with E-state index in [-0.39, 0.29) is 34.8 Å². The van der Waals surface area contributed by atoms with Gasteiger partial charge < -0.3 is 24.9 Å². The van der Waals surface area contributed by atoms with E-state index in [4.69, 9.17) is 19.9 Å². The van der Waals surface area contributed by atoms with Gasteiger partial charge in [0.25, 0.3) is 11.6 Å². The molecule has 0 radical (unpaired) electrons. The molecule has 1 atom stereocenters. The minimum absolute atomic E-state index is 0.0207. The zero-order valence-corrected chi connectivity index (χ0v) is 12.6. The van der Waals surface area contributed by atoms with E-state index >= 15 is 0 Å². The molecule has 2 fully saturated rings. The van der Waals surface area contributed by atoms with Crippen LogP contribution >= 0.6 is 0 Å². The number of fused-ring (bicyclic) bond motifs is 1. The summed E-state index contributed by atoms with van der Waals surface area (Å²) in [6.45, 7) is 0.807. The molecular formula is C14H19N5O4. The lowest BCUT2D eigenvalue weighted by Crippen LogP contribution is -2.34. The van der Waals surface area contributed by atoms with Gasteiger partial charge in [0.15, 0.2) is 17.0 Å². The third-order valence-corrected chi connectivity index (χ3v) is 4.29. The van der Waals surface area contributed by atoms with E-state index in [2.05, 4.69) is 19.9 Å². The first-order chi connectivity index (χ1) is 11.1. The summed E-state index contributed by atoms with van der Waals surface area (Å²) in [7, 11) is 0. The molecule has 23 heavy (non-hydrogen) atoms. The fraction of sp³-hybridized carbons (Fsp3) is 0.643. The van der Waals surface area contributed by atoms with E-state index in [0.717, 1.165) is 25.7 Å². The van der Waals surface area contributed by atoms with Gasteiger partial charge in [-0.25, -0.2) is 0 Å². The first-order valence-electron chi connectivity index (χ1n) is 7.84. The second-order valence-electron chi connectivity index (χ2n) is 6.02. The van der Waals surface area contributed by atoms with Crippen molar-refractivity contribution in [1.29, 1.82) is 0 Å². The molecule has 9 nitrogen and oxygen atoms in total. The number of hydrogen-bond donors (Lipinski definition) is 3. The molecule has 0 bridgehead atoms. The number of rotatable bonds is 3. The molecule has 1 aliphatic carbocycles. The minimum Gasteiger partial charge on any atom is -0.462 e. The molecular weight excluding hydrogens is 302 g/mol. The Labute approximate surface area is 131 Å². The van der Waals surface area contributed by atoms with Gasteiger partial charge in [0.05, 0.1) is 6.61 Å². The van der Waals surface area contributed by atoms with Crippen LogP contribution in [-0.2, 0) is 9.47 Å². The van der Waals surface area contributed by atoms with Crippen LogP contribution in [0.25, 0.3) is 11.2 Å². The largest absolute Gasteiger partial charge is 0.462 e. The molecule has 1 aliphatic heterocycles. The van der Waals surface area contributed by atoms with Gasteiger partial charge >= 0.3 is 0 Å². The second-order valence-corrected chi connectivity index (χ2v) is 6.02. The third-order valence-electron chi connectivity index (χ3n) is 4.29. The first-order valence-corrected chi connectivity index (χ1v) is 7.84. The predicted molar refractivity (Wildman–Crippen MR) is 81.1 cm³/mol. The van der Waals surface area contributed by atoms with Gasteiger partial charge in [-0.2, -0.15) is 9.97 Å². The monoisotopic (exact) mass is 321 g/mol. The van der Waals surface area contributed by atoms with Crippen LogP contribution in [0.5, 0.6) is 6.01 Å². The quantitative estimate of drug-likeness (QED) is 0.758. The predicted octanol–water partition coefficient (Wildman–Crippen LogP) is 0.683. The number of nitrogens with one attached hydrogen (secondary N) is 2. The fourth-order valence-electron chi connectivity index (χ4n) is 3.19. The fourth-order valence-corrected chi connectivity index (χ4v) is 3.19. The number of hydrogen-bond acceptors (Lipinski definition) is 7. The third kappa shape index (κ3) is 2.77. The zero-order valence-electron chi connectivity index (χ0n) is 12.6. The number of nitrogens with two attached hydrogens (primary N) is 1. The second kappa shape index (κ2) is 5.50. The summed E-state index contributed by atoms with van der Waals surface area (Å²) < 4.78 is 17.5. The van der Waals surface area contributed by atoms with Crippen LogP contribution < -0.4 is 16.0 Å². The Morgan fingerprint density at radius 3 is 2.91 bits per heavy atom. The van der Waals surface area contributed by atoms with E-state index < -0.39 is 5.79 Å². The van der Waals surface area contributed by atoms with Crippen molar-refractivity contribution in [1.82, 2.24) is 19.9 Å². The lowest BCUT2D eigenvalue weighted by atomic mass is 9.94. The van der Waals surface area contributed by atoms with Crippen molar-refractivity contribution in [2.45, 2.75) is 44.0 Å². The van der Waals surface area contributed by atoms with Crippen LogP contribution in [0.3, 0.4) is 0 Å². The summed E-state index contributed by atoms with van der Waals surface area (Å²) in [5.74, 6) is -0.403. The Morgan fingerprint density at radius 1 is 1.26 bits per heavy atom. The number of anilines is 1. The number of nitrogens with zero attached hydrogens (tertiary/aromatic N) is 2. The van der Waals surface area contributed by atoms with Gasteiger partial charge in [-0.15, -0.1) is 0 Å². The number of ether oxygens (including phenoxy) is 3. The van der Waals surface area contributed by atoms with E-state index in [1.807, 2.05) is 0 Å². The smallest absolute Gasteiger partial charge is 0.296 e. The van der Waals surface area contributed by atoms with Gasteiger partial charge in [0, 0.05) is 12.8 Å². The first kappa shape index (κ1) is 14.5. The molecule has 3 heterocycles. The zero-order chi connectivity index (χ0) is 15.9. The average molecular weight is 321 g/mol. The highest BCUT2D eigenvalue weighted by atomic mass is 16.8. The van der Waals surface area contributed by atoms with Crippen LogP contribution in [-0.4, -0.2) is 45.0 Å². The van der Waals surface area contributed by atoms with Crippen molar-refractivity contribution in [3.63, 3.8) is 0 Å². The Hall–Kier alpha value is -2.13. The molecule has 1 saturated heterocycles. The molecule has 2 aliphatic rings. The van der Waals surface area contributed by atoms with Crippen molar-refractivity contribution < 1.29 is 14.2 Å². The average Bonchev–Trinajstić information content (AvgIpc) is 3.10. The maximum Gasteiger partial charge on any atom is 0.296 e. The van der Waals surface area contributed by atoms with Gasteiger partial charge in [-0.1, -0.05) is 6.42 Å². The molecule has 9 heteroatoms. The van der Waals surface area contributed by atoms with Crippen LogP contribution in [0, 0.1) is 0 Å². The molecule has 0 amide bonds. The van der Waals surface area contributed by atoms with Gasteiger partial charge in [0.1, 0.15) is 12.7 Å². The van der Waals surface area contributed by atoms with E-state index in [1.54, 1.807) is 0 Å². The molecule has 2 aromatic heterocycles. The highest BCUT2D eigenvalue weighted by Gasteiger charge is 2.42. The molecule has 4 N–H and O–H groups in total. The lowest BCUT2D eigenvalue weighted by Gasteiger charge is -2.31. The number of H-pyrrole nitrogens is 2. The van der Waals surface area contributed by atoms with Crippen molar-refractivity contribution in [3.8, 4) is 6.01 Å². The van der Waals surface area contributed by atoms with Crippen molar-refractivity contribution >= 4 is 17.1 Å². The summed E-state index contributed by atoms with van der Waals surface area (Å²) in [5.41, 5.74) is 5.58. The van der Waals surface area contributed by atoms with Crippen LogP contribution in [0.1, 0.15) is 32.1 Å². The summed E-state index contributed by atoms with van der Waals surface area (Å²) in [4.78, 5) is 25.0. The topological polar surface area (TPSA) is 128 Å². The van der Waals surface area contributed by atoms with Crippen molar-refractivity contribution in [2.75, 3.05) is 18.9 Å². The van der Waals surface area contributed by atoms with Crippen LogP contribution in [0.2, 0.25) is 0 Å². The van der Waals surface area contributed by atoms with Crippen LogP contribution in [0.15, 0.2) is 4.79 Å². The Morgan fingerprint density at radius 2 is 2.09 bits per heavy atom. The molecule has 0 aromatic carbocycles. The molecule has 1 saturated carbocycles. The van der Waals surface area contributed by atoms with Crippen molar-refractivity contribution in [2.24, 2.45) is 0 Å². The Balaban J connectivity index is 1.42. The number of aromatic amines is 2. The SMILES string of the molecule is Nc1nc2nc(OCC3COC4(CCCCC4)O3)[nH]c2c(=O)[nH]1. The van der Waals surface area contributed by atoms with Gasteiger partial charge in [-0.3, -0.25) is 9.78 Å². The molecule has 2 aromatic rings. The number of aromatic nitrogens is 4. The maximum absolute atomic E-state index is 11.7. The molecule has 1 spiro atoms. The molecule has 1 unspecified atom stereocenters. The summed E-state index contributed by atoms with van der Waals surface area (Å²) in [6, 6.07) is 0.219. The number of imidazole rings is 1.